The number of hydrogen-bond donors (Lipinski definition) is 1. The van der Waals surface area contributed by atoms with E-state index < -0.39 is 0 Å². The van der Waals surface area contributed by atoms with Gasteiger partial charge in [0.2, 0.25) is 0 Å². The van der Waals surface area contributed by atoms with Crippen molar-refractivity contribution < 1.29 is 4.39 Å². The molecule has 2 aromatic rings. The molecule has 0 aliphatic carbocycles. The fraction of sp³-hybridized carbons (Fsp3) is 0.550. The van der Waals surface area contributed by atoms with Crippen LogP contribution in [0.15, 0.2) is 30.3 Å². The van der Waals surface area contributed by atoms with Gasteiger partial charge in [-0.2, -0.15) is 5.10 Å². The summed E-state index contributed by atoms with van der Waals surface area (Å²) in [5.74, 6) is 0.559. The average Bonchev–Trinajstić information content (AvgIpc) is 2.99. The van der Waals surface area contributed by atoms with E-state index in [1.807, 2.05) is 19.1 Å². The minimum absolute atomic E-state index is 0.156. The molecule has 1 fully saturated rings. The average molecular weight is 344 g/mol. The second kappa shape index (κ2) is 8.59. The Labute approximate surface area is 150 Å². The summed E-state index contributed by atoms with van der Waals surface area (Å²) in [6, 6.07) is 9.03. The molecule has 0 amide bonds. The highest BCUT2D eigenvalue weighted by Crippen LogP contribution is 2.18. The highest BCUT2D eigenvalue weighted by Gasteiger charge is 2.21. The Morgan fingerprint density at radius 2 is 2.12 bits per heavy atom. The number of hydrogen-bond acceptors (Lipinski definition) is 3. The molecule has 1 N–H and O–H groups in total. The molecule has 1 atom stereocenters. The highest BCUT2D eigenvalue weighted by atomic mass is 19.1. The number of aryl methyl sites for hydroxylation is 1. The first-order valence-electron chi connectivity index (χ1n) is 9.25. The quantitative estimate of drug-likeness (QED) is 0.837. The van der Waals surface area contributed by atoms with Crippen molar-refractivity contribution in [3.8, 4) is 0 Å². The van der Waals surface area contributed by atoms with Gasteiger partial charge in [0.25, 0.3) is 0 Å². The van der Waals surface area contributed by atoms with Gasteiger partial charge in [-0.1, -0.05) is 12.1 Å². The number of aromatic amines is 1. The number of halogens is 1. The summed E-state index contributed by atoms with van der Waals surface area (Å²) in [6.07, 6.45) is 3.57. The van der Waals surface area contributed by atoms with E-state index in [9.17, 15) is 4.39 Å². The Hall–Kier alpha value is -1.72. The molecule has 4 nitrogen and oxygen atoms in total. The van der Waals surface area contributed by atoms with Gasteiger partial charge < -0.3 is 9.80 Å². The first kappa shape index (κ1) is 18.1. The third kappa shape index (κ3) is 5.65. The monoisotopic (exact) mass is 344 g/mol. The molecule has 1 aromatic heterocycles. The predicted molar refractivity (Wildman–Crippen MR) is 98.9 cm³/mol. The number of benzene rings is 1. The number of nitrogens with zero attached hydrogens (tertiary/aromatic N) is 3. The molecule has 5 heteroatoms. The Morgan fingerprint density at radius 3 is 2.84 bits per heavy atom. The normalized spacial score (nSPS) is 18.8. The van der Waals surface area contributed by atoms with Gasteiger partial charge in [-0.15, -0.1) is 0 Å². The third-order valence-electron chi connectivity index (χ3n) is 4.99. The molecule has 3 rings (SSSR count). The molecular weight excluding hydrogens is 315 g/mol. The molecule has 1 aromatic carbocycles. The van der Waals surface area contributed by atoms with Crippen LogP contribution in [-0.4, -0.2) is 53.2 Å². The number of rotatable bonds is 7. The van der Waals surface area contributed by atoms with Crippen LogP contribution in [0.5, 0.6) is 0 Å². The van der Waals surface area contributed by atoms with E-state index in [1.54, 1.807) is 12.1 Å². The van der Waals surface area contributed by atoms with E-state index in [1.165, 1.54) is 24.9 Å². The summed E-state index contributed by atoms with van der Waals surface area (Å²) < 4.78 is 13.0. The van der Waals surface area contributed by atoms with Gasteiger partial charge in [-0.3, -0.25) is 5.10 Å². The molecule has 1 aliphatic heterocycles. The smallest absolute Gasteiger partial charge is 0.123 e. The molecule has 2 heterocycles. The standard InChI is InChI=1S/C20H29FN4/c1-16-12-20(23-22-16)15-24(2)13-18-4-3-10-25(14-18)11-9-17-5-7-19(21)8-6-17/h5-8,12,18H,3-4,9-11,13-15H2,1-2H3,(H,22,23)/t18-/m0/s1. The van der Waals surface area contributed by atoms with Crippen LogP contribution in [0.2, 0.25) is 0 Å². The maximum atomic E-state index is 13.0. The lowest BCUT2D eigenvalue weighted by atomic mass is 9.97. The zero-order chi connectivity index (χ0) is 17.6. The van der Waals surface area contributed by atoms with Crippen LogP contribution in [0.25, 0.3) is 0 Å². The van der Waals surface area contributed by atoms with E-state index in [0.29, 0.717) is 5.92 Å². The van der Waals surface area contributed by atoms with Gasteiger partial charge in [0.05, 0.1) is 5.69 Å². The van der Waals surface area contributed by atoms with Crippen molar-refractivity contribution >= 4 is 0 Å². The summed E-state index contributed by atoms with van der Waals surface area (Å²) in [7, 11) is 2.18. The van der Waals surface area contributed by atoms with E-state index >= 15 is 0 Å². The van der Waals surface area contributed by atoms with Gasteiger partial charge in [0.15, 0.2) is 0 Å². The molecule has 0 unspecified atom stereocenters. The van der Waals surface area contributed by atoms with Crippen molar-refractivity contribution in [1.82, 2.24) is 20.0 Å². The van der Waals surface area contributed by atoms with Crippen LogP contribution < -0.4 is 0 Å². The van der Waals surface area contributed by atoms with Crippen molar-refractivity contribution in [2.75, 3.05) is 33.2 Å². The van der Waals surface area contributed by atoms with Crippen LogP contribution in [0, 0.1) is 18.7 Å². The first-order valence-corrected chi connectivity index (χ1v) is 9.25. The number of H-pyrrole nitrogens is 1. The minimum Gasteiger partial charge on any atom is -0.303 e. The lowest BCUT2D eigenvalue weighted by Gasteiger charge is -2.34. The Bertz CT molecular complexity index is 652. The SMILES string of the molecule is Cc1cc(CN(C)C[C@@H]2CCCN(CCc3ccc(F)cc3)C2)n[nH]1. The fourth-order valence-electron chi connectivity index (χ4n) is 3.78. The second-order valence-corrected chi connectivity index (χ2v) is 7.42. The maximum Gasteiger partial charge on any atom is 0.123 e. The van der Waals surface area contributed by atoms with Crippen LogP contribution in [0.3, 0.4) is 0 Å². The van der Waals surface area contributed by atoms with Crippen LogP contribution in [0.1, 0.15) is 29.8 Å². The number of likely N-dealkylation sites (tertiary alicyclic amines) is 1. The summed E-state index contributed by atoms with van der Waals surface area (Å²) in [6.45, 7) is 7.45. The molecule has 0 bridgehead atoms. The van der Waals surface area contributed by atoms with E-state index in [0.717, 1.165) is 44.0 Å². The summed E-state index contributed by atoms with van der Waals surface area (Å²) >= 11 is 0. The molecule has 25 heavy (non-hydrogen) atoms. The summed E-state index contributed by atoms with van der Waals surface area (Å²) in [5.41, 5.74) is 3.45. The van der Waals surface area contributed by atoms with E-state index in [2.05, 4.69) is 33.1 Å². The Morgan fingerprint density at radius 1 is 1.32 bits per heavy atom. The highest BCUT2D eigenvalue weighted by molar-refractivity contribution is 5.16. The lowest BCUT2D eigenvalue weighted by molar-refractivity contribution is 0.142. The van der Waals surface area contributed by atoms with Crippen LogP contribution >= 0.6 is 0 Å². The first-order chi connectivity index (χ1) is 12.1. The maximum absolute atomic E-state index is 13.0. The third-order valence-corrected chi connectivity index (χ3v) is 4.99. The van der Waals surface area contributed by atoms with Gasteiger partial charge in [0.1, 0.15) is 5.82 Å². The van der Waals surface area contributed by atoms with E-state index in [4.69, 9.17) is 0 Å². The summed E-state index contributed by atoms with van der Waals surface area (Å²) in [4.78, 5) is 4.94. The number of aromatic nitrogens is 2. The largest absolute Gasteiger partial charge is 0.303 e. The van der Waals surface area contributed by atoms with Gasteiger partial charge in [0, 0.05) is 31.9 Å². The fourth-order valence-corrected chi connectivity index (χ4v) is 3.78. The molecule has 0 radical (unpaired) electrons. The zero-order valence-corrected chi connectivity index (χ0v) is 15.3. The molecule has 136 valence electrons. The van der Waals surface area contributed by atoms with Crippen molar-refractivity contribution in [3.63, 3.8) is 0 Å². The van der Waals surface area contributed by atoms with Crippen LogP contribution in [0.4, 0.5) is 4.39 Å². The molecule has 1 aliphatic rings. The molecule has 1 saturated heterocycles. The van der Waals surface area contributed by atoms with Crippen molar-refractivity contribution in [2.24, 2.45) is 5.92 Å². The zero-order valence-electron chi connectivity index (χ0n) is 15.3. The summed E-state index contributed by atoms with van der Waals surface area (Å²) in [5, 5.41) is 7.34. The number of piperidine rings is 1. The van der Waals surface area contributed by atoms with Gasteiger partial charge in [-0.25, -0.2) is 4.39 Å². The second-order valence-electron chi connectivity index (χ2n) is 7.42. The van der Waals surface area contributed by atoms with E-state index in [-0.39, 0.29) is 5.82 Å². The Kier molecular flexibility index (Phi) is 6.21. The number of nitrogens with one attached hydrogen (secondary N) is 1. The Balaban J connectivity index is 1.43. The minimum atomic E-state index is -0.156. The molecular formula is C20H29FN4. The molecule has 0 spiro atoms. The van der Waals surface area contributed by atoms with Gasteiger partial charge >= 0.3 is 0 Å². The lowest BCUT2D eigenvalue weighted by Crippen LogP contribution is -2.40. The van der Waals surface area contributed by atoms with Crippen molar-refractivity contribution in [2.45, 2.75) is 32.7 Å². The van der Waals surface area contributed by atoms with Crippen molar-refractivity contribution in [1.29, 1.82) is 0 Å². The van der Waals surface area contributed by atoms with Gasteiger partial charge in [-0.05, 0) is 69.5 Å². The van der Waals surface area contributed by atoms with Crippen molar-refractivity contribution in [3.05, 3.63) is 53.1 Å². The van der Waals surface area contributed by atoms with Crippen LogP contribution in [-0.2, 0) is 13.0 Å². The topological polar surface area (TPSA) is 35.2 Å². The molecule has 0 saturated carbocycles. The predicted octanol–water partition coefficient (Wildman–Crippen LogP) is 3.24.